The molecule has 0 unspecified atom stereocenters. The van der Waals surface area contributed by atoms with Gasteiger partial charge in [0.2, 0.25) is 5.78 Å². The van der Waals surface area contributed by atoms with Crippen LogP contribution in [0.1, 0.15) is 21.6 Å². The molecule has 0 spiro atoms. The lowest BCUT2D eigenvalue weighted by Crippen LogP contribution is -2.00. The van der Waals surface area contributed by atoms with Crippen molar-refractivity contribution in [3.05, 3.63) is 79.5 Å². The van der Waals surface area contributed by atoms with Crippen LogP contribution in [0.2, 0.25) is 20.1 Å². The van der Waals surface area contributed by atoms with Crippen LogP contribution in [-0.2, 0) is 13.7 Å². The minimum Gasteiger partial charge on any atom is -0.496 e. The summed E-state index contributed by atoms with van der Waals surface area (Å²) >= 11 is 24.2. The summed E-state index contributed by atoms with van der Waals surface area (Å²) in [5, 5.41) is 5.39. The third-order valence-electron chi connectivity index (χ3n) is 4.11. The average molecular weight is 486 g/mol. The minimum absolute atomic E-state index is 0.169. The van der Waals surface area contributed by atoms with Crippen molar-refractivity contribution in [3.8, 4) is 11.5 Å². The molecule has 0 saturated carbocycles. The van der Waals surface area contributed by atoms with Gasteiger partial charge < -0.3 is 9.47 Å². The van der Waals surface area contributed by atoms with Crippen LogP contribution >= 0.6 is 46.4 Å². The first kappa shape index (κ1) is 22.5. The Balaban J connectivity index is 1.79. The highest BCUT2D eigenvalue weighted by molar-refractivity contribution is 6.43. The molecular formula is C21H16Cl4N2O3. The fourth-order valence-electron chi connectivity index (χ4n) is 2.66. The number of hydrogen-bond acceptors (Lipinski definition) is 4. The Morgan fingerprint density at radius 1 is 1.03 bits per heavy atom. The third kappa shape index (κ3) is 5.29. The molecule has 0 saturated heterocycles. The van der Waals surface area contributed by atoms with E-state index in [0.29, 0.717) is 31.6 Å². The number of allylic oxidation sites excluding steroid dienone is 1. The van der Waals surface area contributed by atoms with Crippen LogP contribution in [0.3, 0.4) is 0 Å². The number of ketones is 1. The Morgan fingerprint density at radius 2 is 1.77 bits per heavy atom. The maximum Gasteiger partial charge on any atom is 0.207 e. The number of methoxy groups -OCH3 is 1. The van der Waals surface area contributed by atoms with E-state index < -0.39 is 0 Å². The van der Waals surface area contributed by atoms with Gasteiger partial charge in [-0.1, -0.05) is 58.5 Å². The van der Waals surface area contributed by atoms with Crippen LogP contribution in [0.4, 0.5) is 0 Å². The Kier molecular flexibility index (Phi) is 7.32. The van der Waals surface area contributed by atoms with E-state index in [1.54, 1.807) is 38.6 Å². The molecule has 0 atom stereocenters. The summed E-state index contributed by atoms with van der Waals surface area (Å²) in [7, 11) is 3.26. The molecule has 156 valence electrons. The van der Waals surface area contributed by atoms with E-state index in [4.69, 9.17) is 55.9 Å². The molecule has 0 N–H and O–H groups in total. The molecule has 0 aliphatic heterocycles. The Hall–Kier alpha value is -2.18. The molecule has 9 heteroatoms. The van der Waals surface area contributed by atoms with Crippen molar-refractivity contribution in [3.63, 3.8) is 0 Å². The van der Waals surface area contributed by atoms with E-state index in [1.807, 2.05) is 12.1 Å². The molecule has 0 amide bonds. The number of ether oxygens (including phenoxy) is 2. The van der Waals surface area contributed by atoms with Crippen molar-refractivity contribution >= 4 is 58.3 Å². The largest absolute Gasteiger partial charge is 0.496 e. The van der Waals surface area contributed by atoms with Crippen LogP contribution in [0.15, 0.2) is 42.6 Å². The topological polar surface area (TPSA) is 53.3 Å². The summed E-state index contributed by atoms with van der Waals surface area (Å²) in [5.41, 5.74) is 1.72. The molecule has 3 aromatic rings. The van der Waals surface area contributed by atoms with E-state index in [2.05, 4.69) is 5.10 Å². The first-order valence-corrected chi connectivity index (χ1v) is 10.2. The van der Waals surface area contributed by atoms with Gasteiger partial charge in [0, 0.05) is 24.9 Å². The van der Waals surface area contributed by atoms with E-state index in [1.165, 1.54) is 16.8 Å². The number of rotatable bonds is 7. The predicted octanol–water partition coefficient (Wildman–Crippen LogP) is 6.52. The number of aryl methyl sites for hydroxylation is 1. The Bertz CT molecular complexity index is 1130. The lowest BCUT2D eigenvalue weighted by Gasteiger charge is -2.13. The van der Waals surface area contributed by atoms with Gasteiger partial charge >= 0.3 is 0 Å². The number of benzene rings is 2. The molecule has 0 fully saturated rings. The second kappa shape index (κ2) is 9.75. The maximum atomic E-state index is 12.3. The Morgan fingerprint density at radius 3 is 2.43 bits per heavy atom. The SMILES string of the molecule is COc1ccc(/C=C/C(=O)c2nn(C)cc2Cl)cc1COc1cc(Cl)c(Cl)cc1Cl. The molecule has 1 heterocycles. The second-order valence-electron chi connectivity index (χ2n) is 6.25. The van der Waals surface area contributed by atoms with Crippen molar-refractivity contribution in [2.75, 3.05) is 7.11 Å². The van der Waals surface area contributed by atoms with Crippen molar-refractivity contribution < 1.29 is 14.3 Å². The lowest BCUT2D eigenvalue weighted by molar-refractivity contribution is 0.104. The summed E-state index contributed by atoms with van der Waals surface area (Å²) in [4.78, 5) is 12.3. The molecule has 0 bridgehead atoms. The normalized spacial score (nSPS) is 11.1. The zero-order valence-corrected chi connectivity index (χ0v) is 19.0. The highest BCUT2D eigenvalue weighted by Gasteiger charge is 2.13. The quantitative estimate of drug-likeness (QED) is 0.217. The summed E-state index contributed by atoms with van der Waals surface area (Å²) in [6, 6.07) is 8.52. The van der Waals surface area contributed by atoms with Crippen LogP contribution in [0, 0.1) is 0 Å². The molecule has 3 rings (SSSR count). The standard InChI is InChI=1S/C21H16Cl4N2O3/c1-27-10-17(25)21(26-27)18(28)5-3-12-4-6-19(29-2)13(7-12)11-30-20-9-15(23)14(22)8-16(20)24/h3-10H,11H2,1-2H3/b5-3+. The van der Waals surface area contributed by atoms with Gasteiger partial charge in [-0.15, -0.1) is 0 Å². The van der Waals surface area contributed by atoms with Gasteiger partial charge in [0.15, 0.2) is 5.69 Å². The van der Waals surface area contributed by atoms with Crippen molar-refractivity contribution in [1.82, 2.24) is 9.78 Å². The number of nitrogens with zero attached hydrogens (tertiary/aromatic N) is 2. The van der Waals surface area contributed by atoms with Gasteiger partial charge in [0.05, 0.1) is 27.2 Å². The first-order valence-electron chi connectivity index (χ1n) is 8.64. The minimum atomic E-state index is -0.295. The van der Waals surface area contributed by atoms with Crippen molar-refractivity contribution in [2.24, 2.45) is 7.05 Å². The molecular weight excluding hydrogens is 470 g/mol. The number of carbonyl (C=O) groups excluding carboxylic acids is 1. The van der Waals surface area contributed by atoms with Crippen LogP contribution in [-0.4, -0.2) is 22.7 Å². The van der Waals surface area contributed by atoms with E-state index in [9.17, 15) is 4.79 Å². The zero-order valence-electron chi connectivity index (χ0n) is 16.0. The third-order valence-corrected chi connectivity index (χ3v) is 5.40. The second-order valence-corrected chi connectivity index (χ2v) is 7.88. The molecule has 5 nitrogen and oxygen atoms in total. The molecule has 1 aromatic heterocycles. The predicted molar refractivity (Wildman–Crippen MR) is 120 cm³/mol. The van der Waals surface area contributed by atoms with Gasteiger partial charge in [-0.3, -0.25) is 9.48 Å². The zero-order chi connectivity index (χ0) is 21.8. The Labute approximate surface area is 193 Å². The summed E-state index contributed by atoms with van der Waals surface area (Å²) in [6.45, 7) is 0.169. The van der Waals surface area contributed by atoms with Crippen molar-refractivity contribution in [2.45, 2.75) is 6.61 Å². The smallest absolute Gasteiger partial charge is 0.207 e. The van der Waals surface area contributed by atoms with Gasteiger partial charge in [-0.2, -0.15) is 5.10 Å². The van der Waals surface area contributed by atoms with Gasteiger partial charge in [-0.25, -0.2) is 0 Å². The van der Waals surface area contributed by atoms with Crippen LogP contribution < -0.4 is 9.47 Å². The number of carbonyl (C=O) groups is 1. The van der Waals surface area contributed by atoms with Crippen molar-refractivity contribution in [1.29, 1.82) is 0 Å². The maximum absolute atomic E-state index is 12.3. The highest BCUT2D eigenvalue weighted by atomic mass is 35.5. The molecule has 30 heavy (non-hydrogen) atoms. The number of aromatic nitrogens is 2. The lowest BCUT2D eigenvalue weighted by atomic mass is 10.1. The number of halogens is 4. The summed E-state index contributed by atoms with van der Waals surface area (Å²) in [6.07, 6.45) is 4.65. The summed E-state index contributed by atoms with van der Waals surface area (Å²) < 4.78 is 12.7. The average Bonchev–Trinajstić information content (AvgIpc) is 3.06. The first-order chi connectivity index (χ1) is 14.3. The monoisotopic (exact) mass is 484 g/mol. The molecule has 0 radical (unpaired) electrons. The molecule has 0 aliphatic rings. The van der Waals surface area contributed by atoms with Gasteiger partial charge in [0.25, 0.3) is 0 Å². The van der Waals surface area contributed by atoms with E-state index in [-0.39, 0.29) is 18.1 Å². The molecule has 0 aliphatic carbocycles. The van der Waals surface area contributed by atoms with Gasteiger partial charge in [-0.05, 0) is 29.8 Å². The fourth-order valence-corrected chi connectivity index (χ4v) is 3.53. The summed E-state index contributed by atoms with van der Waals surface area (Å²) in [5.74, 6) is 0.730. The number of hydrogen-bond donors (Lipinski definition) is 0. The van der Waals surface area contributed by atoms with E-state index in [0.717, 1.165) is 11.1 Å². The van der Waals surface area contributed by atoms with Crippen LogP contribution in [0.25, 0.3) is 6.08 Å². The highest BCUT2D eigenvalue weighted by Crippen LogP contribution is 2.34. The van der Waals surface area contributed by atoms with Crippen LogP contribution in [0.5, 0.6) is 11.5 Å². The van der Waals surface area contributed by atoms with Gasteiger partial charge in [0.1, 0.15) is 18.1 Å². The molecule has 2 aromatic carbocycles. The fraction of sp³-hybridized carbons (Fsp3) is 0.143. The van der Waals surface area contributed by atoms with E-state index >= 15 is 0 Å².